The van der Waals surface area contributed by atoms with E-state index in [2.05, 4.69) is 22.4 Å². The van der Waals surface area contributed by atoms with Crippen molar-refractivity contribution in [3.8, 4) is 0 Å². The molecule has 1 aliphatic rings. The van der Waals surface area contributed by atoms with Crippen LogP contribution in [0.2, 0.25) is 0 Å². The first kappa shape index (κ1) is 17.2. The van der Waals surface area contributed by atoms with E-state index < -0.39 is 11.7 Å². The molecule has 2 aromatic carbocycles. The summed E-state index contributed by atoms with van der Waals surface area (Å²) in [4.78, 5) is 5.68. The SMILES string of the molecule is FC(F)(F)c1ccc(Cn2cnc3ccc(C=C4CNCS4)cc32)cc1. The summed E-state index contributed by atoms with van der Waals surface area (Å²) >= 11 is 1.79. The molecule has 1 aromatic heterocycles. The van der Waals surface area contributed by atoms with Crippen molar-refractivity contribution < 1.29 is 13.2 Å². The maximum atomic E-state index is 12.7. The Balaban J connectivity index is 1.61. The van der Waals surface area contributed by atoms with Gasteiger partial charge in [0.15, 0.2) is 0 Å². The van der Waals surface area contributed by atoms with Gasteiger partial charge in [-0.3, -0.25) is 0 Å². The number of hydrogen-bond acceptors (Lipinski definition) is 3. The van der Waals surface area contributed by atoms with Crippen LogP contribution >= 0.6 is 11.8 Å². The van der Waals surface area contributed by atoms with Crippen LogP contribution in [0.1, 0.15) is 16.7 Å². The summed E-state index contributed by atoms with van der Waals surface area (Å²) in [5.41, 5.74) is 3.11. The van der Waals surface area contributed by atoms with Gasteiger partial charge in [0.1, 0.15) is 0 Å². The standard InChI is InChI=1S/C19H16F3N3S/c20-19(21,22)15-4-1-13(2-5-15)10-25-11-24-17-6-3-14(8-18(17)25)7-16-9-23-12-26-16/h1-8,11,23H,9-10,12H2. The highest BCUT2D eigenvalue weighted by Gasteiger charge is 2.29. The summed E-state index contributed by atoms with van der Waals surface area (Å²) in [5.74, 6) is 0.930. The largest absolute Gasteiger partial charge is 0.416 e. The molecule has 2 heterocycles. The summed E-state index contributed by atoms with van der Waals surface area (Å²) in [6.07, 6.45) is -0.430. The Morgan fingerprint density at radius 2 is 1.96 bits per heavy atom. The minimum absolute atomic E-state index is 0.477. The van der Waals surface area contributed by atoms with Crippen LogP contribution in [0.5, 0.6) is 0 Å². The summed E-state index contributed by atoms with van der Waals surface area (Å²) in [5, 5.41) is 3.28. The smallest absolute Gasteiger partial charge is 0.326 e. The zero-order valence-corrected chi connectivity index (χ0v) is 14.6. The molecule has 1 N–H and O–H groups in total. The molecule has 4 rings (SSSR count). The number of nitrogens with one attached hydrogen (secondary N) is 1. The molecule has 1 saturated heterocycles. The number of benzene rings is 2. The minimum atomic E-state index is -4.31. The number of fused-ring (bicyclic) bond motifs is 1. The van der Waals surface area contributed by atoms with Gasteiger partial charge in [0, 0.05) is 23.9 Å². The van der Waals surface area contributed by atoms with Crippen LogP contribution in [-0.2, 0) is 12.7 Å². The molecular weight excluding hydrogens is 359 g/mol. The van der Waals surface area contributed by atoms with Crippen LogP contribution in [0, 0.1) is 0 Å². The molecule has 3 aromatic rings. The van der Waals surface area contributed by atoms with E-state index >= 15 is 0 Å². The number of rotatable bonds is 3. The second kappa shape index (κ2) is 6.81. The Hall–Kier alpha value is -2.25. The highest BCUT2D eigenvalue weighted by Crippen LogP contribution is 2.29. The summed E-state index contributed by atoms with van der Waals surface area (Å²) in [7, 11) is 0. The lowest BCUT2D eigenvalue weighted by atomic mass is 10.1. The lowest BCUT2D eigenvalue weighted by molar-refractivity contribution is -0.137. The predicted molar refractivity (Wildman–Crippen MR) is 98.7 cm³/mol. The van der Waals surface area contributed by atoms with Gasteiger partial charge in [0.25, 0.3) is 0 Å². The van der Waals surface area contributed by atoms with E-state index in [1.54, 1.807) is 18.1 Å². The number of imidazole rings is 1. The van der Waals surface area contributed by atoms with Gasteiger partial charge in [-0.15, -0.1) is 11.8 Å². The second-order valence-electron chi connectivity index (χ2n) is 6.14. The van der Waals surface area contributed by atoms with Crippen molar-refractivity contribution in [2.24, 2.45) is 0 Å². The topological polar surface area (TPSA) is 29.9 Å². The molecule has 0 aliphatic carbocycles. The van der Waals surface area contributed by atoms with Gasteiger partial charge in [-0.25, -0.2) is 4.98 Å². The molecule has 26 heavy (non-hydrogen) atoms. The van der Waals surface area contributed by atoms with Crippen molar-refractivity contribution >= 4 is 28.9 Å². The number of nitrogens with zero attached hydrogens (tertiary/aromatic N) is 2. The predicted octanol–water partition coefficient (Wildman–Crippen LogP) is 4.74. The number of hydrogen-bond donors (Lipinski definition) is 1. The van der Waals surface area contributed by atoms with E-state index in [0.29, 0.717) is 6.54 Å². The fourth-order valence-corrected chi connectivity index (χ4v) is 3.75. The normalized spacial score (nSPS) is 16.7. The zero-order valence-electron chi connectivity index (χ0n) is 13.8. The van der Waals surface area contributed by atoms with Crippen molar-refractivity contribution in [2.45, 2.75) is 12.7 Å². The fourth-order valence-electron chi connectivity index (χ4n) is 2.93. The first-order chi connectivity index (χ1) is 12.5. The van der Waals surface area contributed by atoms with Crippen molar-refractivity contribution in [1.82, 2.24) is 14.9 Å². The van der Waals surface area contributed by atoms with Crippen molar-refractivity contribution in [2.75, 3.05) is 12.4 Å². The monoisotopic (exact) mass is 375 g/mol. The van der Waals surface area contributed by atoms with Crippen LogP contribution < -0.4 is 5.32 Å². The maximum absolute atomic E-state index is 12.7. The number of alkyl halides is 3. The van der Waals surface area contributed by atoms with Gasteiger partial charge in [-0.2, -0.15) is 13.2 Å². The van der Waals surface area contributed by atoms with Crippen LogP contribution in [0.15, 0.2) is 53.7 Å². The van der Waals surface area contributed by atoms with Gasteiger partial charge < -0.3 is 9.88 Å². The Morgan fingerprint density at radius 3 is 2.65 bits per heavy atom. The van der Waals surface area contributed by atoms with E-state index in [9.17, 15) is 13.2 Å². The number of aromatic nitrogens is 2. The second-order valence-corrected chi connectivity index (χ2v) is 7.24. The van der Waals surface area contributed by atoms with E-state index in [1.807, 2.05) is 16.7 Å². The zero-order chi connectivity index (χ0) is 18.1. The molecule has 0 spiro atoms. The molecule has 0 radical (unpaired) electrons. The van der Waals surface area contributed by atoms with E-state index in [0.717, 1.165) is 46.7 Å². The van der Waals surface area contributed by atoms with E-state index in [1.165, 1.54) is 17.0 Å². The van der Waals surface area contributed by atoms with Gasteiger partial charge in [-0.1, -0.05) is 18.2 Å². The number of thioether (sulfide) groups is 1. The van der Waals surface area contributed by atoms with Crippen LogP contribution in [-0.4, -0.2) is 22.0 Å². The average molecular weight is 375 g/mol. The Bertz CT molecular complexity index is 950. The van der Waals surface area contributed by atoms with Crippen molar-refractivity contribution in [3.63, 3.8) is 0 Å². The molecule has 1 fully saturated rings. The molecule has 0 saturated carbocycles. The Labute approximate surface area is 152 Å². The van der Waals surface area contributed by atoms with Crippen LogP contribution in [0.4, 0.5) is 13.2 Å². The van der Waals surface area contributed by atoms with Crippen LogP contribution in [0.3, 0.4) is 0 Å². The van der Waals surface area contributed by atoms with Crippen molar-refractivity contribution in [3.05, 3.63) is 70.4 Å². The molecule has 0 bridgehead atoms. The highest BCUT2D eigenvalue weighted by atomic mass is 32.2. The third kappa shape index (κ3) is 3.64. The van der Waals surface area contributed by atoms with Crippen molar-refractivity contribution in [1.29, 1.82) is 0 Å². The molecule has 0 unspecified atom stereocenters. The first-order valence-electron chi connectivity index (χ1n) is 8.14. The lowest BCUT2D eigenvalue weighted by Gasteiger charge is -2.09. The lowest BCUT2D eigenvalue weighted by Crippen LogP contribution is -2.05. The molecule has 3 nitrogen and oxygen atoms in total. The Morgan fingerprint density at radius 1 is 1.15 bits per heavy atom. The summed E-state index contributed by atoms with van der Waals surface area (Å²) < 4.78 is 40.0. The Kier molecular flexibility index (Phi) is 4.50. The molecule has 0 atom stereocenters. The van der Waals surface area contributed by atoms with E-state index in [-0.39, 0.29) is 0 Å². The number of halogens is 3. The maximum Gasteiger partial charge on any atom is 0.416 e. The molecular formula is C19H16F3N3S. The molecule has 7 heteroatoms. The molecule has 134 valence electrons. The summed E-state index contributed by atoms with van der Waals surface area (Å²) in [6.45, 7) is 1.36. The van der Waals surface area contributed by atoms with Crippen LogP contribution in [0.25, 0.3) is 17.1 Å². The van der Waals surface area contributed by atoms with E-state index in [4.69, 9.17) is 0 Å². The summed E-state index contributed by atoms with van der Waals surface area (Å²) in [6, 6.07) is 11.3. The first-order valence-corrected chi connectivity index (χ1v) is 9.13. The van der Waals surface area contributed by atoms with Gasteiger partial charge in [-0.05, 0) is 41.5 Å². The van der Waals surface area contributed by atoms with Gasteiger partial charge in [0.05, 0.1) is 22.9 Å². The third-order valence-electron chi connectivity index (χ3n) is 4.27. The third-order valence-corrected chi connectivity index (χ3v) is 5.25. The average Bonchev–Trinajstić information content (AvgIpc) is 3.25. The highest BCUT2D eigenvalue weighted by molar-refractivity contribution is 8.03. The minimum Gasteiger partial charge on any atom is -0.326 e. The van der Waals surface area contributed by atoms with Gasteiger partial charge in [0.2, 0.25) is 0 Å². The van der Waals surface area contributed by atoms with Gasteiger partial charge >= 0.3 is 6.18 Å². The molecule has 1 aliphatic heterocycles. The fraction of sp³-hybridized carbons (Fsp3) is 0.211. The molecule has 0 amide bonds. The quantitative estimate of drug-likeness (QED) is 0.717.